The number of carbonyl (C=O) groups excluding carboxylic acids is 2. The molecule has 1 aromatic heterocycles. The number of pyridine rings is 1. The van der Waals surface area contributed by atoms with E-state index in [-0.39, 0.29) is 29.8 Å². The van der Waals surface area contributed by atoms with Crippen LogP contribution in [-0.2, 0) is 33.5 Å². The average molecular weight is 281 g/mol. The van der Waals surface area contributed by atoms with Gasteiger partial charge in [0.25, 0.3) is 5.56 Å². The Balaban J connectivity index is 2.79. The number of methoxy groups -OCH3 is 1. The zero-order valence-electron chi connectivity index (χ0n) is 11.4. The average Bonchev–Trinajstić information content (AvgIpc) is 2.45. The molecule has 1 aromatic rings. The van der Waals surface area contributed by atoms with Gasteiger partial charge in [-0.3, -0.25) is 4.79 Å². The third-order valence-electron chi connectivity index (χ3n) is 3.57. The van der Waals surface area contributed by atoms with E-state index in [9.17, 15) is 19.5 Å². The Kier molecular flexibility index (Phi) is 3.39. The van der Waals surface area contributed by atoms with Gasteiger partial charge in [-0.1, -0.05) is 6.92 Å². The third kappa shape index (κ3) is 1.82. The molecule has 1 N–H and O–H groups in total. The Bertz CT molecular complexity index is 647. The van der Waals surface area contributed by atoms with E-state index in [0.717, 1.165) is 4.57 Å². The highest BCUT2D eigenvalue weighted by Crippen LogP contribution is 2.33. The predicted molar refractivity (Wildman–Crippen MR) is 67.0 cm³/mol. The normalized spacial score (nSPS) is 21.1. The number of hydrogen-bond acceptors (Lipinski definition) is 6. The standard InChI is InChI=1S/C13H15NO6/c1-4-13(18)8-5-9(11(16)19-3)14(2)10(15)7(8)6-20-12(13)17/h5,18H,4,6H2,1-3H3. The summed E-state index contributed by atoms with van der Waals surface area (Å²) in [5.41, 5.74) is -2.16. The minimum atomic E-state index is -1.91. The number of aliphatic hydroxyl groups is 1. The molecule has 7 nitrogen and oxygen atoms in total. The third-order valence-corrected chi connectivity index (χ3v) is 3.57. The summed E-state index contributed by atoms with van der Waals surface area (Å²) in [7, 11) is 2.60. The molecule has 0 amide bonds. The number of esters is 2. The number of nitrogens with zero attached hydrogens (tertiary/aromatic N) is 1. The highest BCUT2D eigenvalue weighted by Gasteiger charge is 2.44. The van der Waals surface area contributed by atoms with Gasteiger partial charge in [-0.15, -0.1) is 0 Å². The molecule has 0 fully saturated rings. The smallest absolute Gasteiger partial charge is 0.354 e. The van der Waals surface area contributed by atoms with Crippen molar-refractivity contribution in [2.75, 3.05) is 7.11 Å². The monoisotopic (exact) mass is 281 g/mol. The Labute approximate surface area is 114 Å². The van der Waals surface area contributed by atoms with Crippen LogP contribution >= 0.6 is 0 Å². The van der Waals surface area contributed by atoms with E-state index in [2.05, 4.69) is 4.74 Å². The van der Waals surface area contributed by atoms with Crippen LogP contribution in [0.3, 0.4) is 0 Å². The van der Waals surface area contributed by atoms with Gasteiger partial charge in [-0.25, -0.2) is 9.59 Å². The number of cyclic esters (lactones) is 1. The van der Waals surface area contributed by atoms with E-state index in [0.29, 0.717) is 0 Å². The lowest BCUT2D eigenvalue weighted by molar-refractivity contribution is -0.172. The summed E-state index contributed by atoms with van der Waals surface area (Å²) in [5, 5.41) is 10.4. The van der Waals surface area contributed by atoms with E-state index >= 15 is 0 Å². The van der Waals surface area contributed by atoms with Gasteiger partial charge in [0.15, 0.2) is 5.60 Å². The van der Waals surface area contributed by atoms with Gasteiger partial charge in [0.2, 0.25) is 0 Å². The Hall–Kier alpha value is -2.15. The maximum absolute atomic E-state index is 12.2. The first-order valence-electron chi connectivity index (χ1n) is 6.08. The van der Waals surface area contributed by atoms with Crippen LogP contribution in [0.5, 0.6) is 0 Å². The van der Waals surface area contributed by atoms with Crippen LogP contribution in [0.1, 0.15) is 35.0 Å². The SMILES string of the molecule is CCC1(O)C(=O)OCc2c1cc(C(=O)OC)n(C)c2=O. The van der Waals surface area contributed by atoms with Crippen LogP contribution in [-0.4, -0.2) is 28.7 Å². The van der Waals surface area contributed by atoms with Gasteiger partial charge in [-0.2, -0.15) is 0 Å². The zero-order valence-corrected chi connectivity index (χ0v) is 11.4. The second-order valence-corrected chi connectivity index (χ2v) is 4.57. The van der Waals surface area contributed by atoms with Crippen molar-refractivity contribution in [2.24, 2.45) is 7.05 Å². The molecule has 0 spiro atoms. The molecule has 0 saturated carbocycles. The Morgan fingerprint density at radius 2 is 2.20 bits per heavy atom. The second-order valence-electron chi connectivity index (χ2n) is 4.57. The molecular weight excluding hydrogens is 266 g/mol. The van der Waals surface area contributed by atoms with Gasteiger partial charge in [0.1, 0.15) is 12.3 Å². The molecule has 0 radical (unpaired) electrons. The minimum absolute atomic E-state index is 0.0298. The summed E-state index contributed by atoms with van der Waals surface area (Å²) in [5.74, 6) is -1.54. The van der Waals surface area contributed by atoms with Crippen molar-refractivity contribution in [2.45, 2.75) is 25.6 Å². The number of ether oxygens (including phenoxy) is 2. The van der Waals surface area contributed by atoms with Gasteiger partial charge in [0.05, 0.1) is 12.7 Å². The first-order valence-corrected chi connectivity index (χ1v) is 6.08. The lowest BCUT2D eigenvalue weighted by atomic mass is 9.86. The van der Waals surface area contributed by atoms with E-state index in [1.54, 1.807) is 6.92 Å². The van der Waals surface area contributed by atoms with Crippen molar-refractivity contribution >= 4 is 11.9 Å². The first-order chi connectivity index (χ1) is 9.36. The topological polar surface area (TPSA) is 94.8 Å². The fourth-order valence-electron chi connectivity index (χ4n) is 2.26. The van der Waals surface area contributed by atoms with Crippen LogP contribution in [0.25, 0.3) is 0 Å². The molecule has 2 rings (SSSR count). The molecule has 1 unspecified atom stereocenters. The molecule has 2 heterocycles. The fourth-order valence-corrected chi connectivity index (χ4v) is 2.26. The molecule has 108 valence electrons. The number of fused-ring (bicyclic) bond motifs is 1. The van der Waals surface area contributed by atoms with E-state index in [1.807, 2.05) is 0 Å². The van der Waals surface area contributed by atoms with Crippen LogP contribution in [0.15, 0.2) is 10.9 Å². The molecule has 0 aromatic carbocycles. The second kappa shape index (κ2) is 4.75. The highest BCUT2D eigenvalue weighted by molar-refractivity contribution is 5.89. The summed E-state index contributed by atoms with van der Waals surface area (Å²) in [6, 6.07) is 1.31. The van der Waals surface area contributed by atoms with Crippen molar-refractivity contribution in [3.05, 3.63) is 33.2 Å². The van der Waals surface area contributed by atoms with Crippen LogP contribution < -0.4 is 5.56 Å². The molecule has 20 heavy (non-hydrogen) atoms. The molecule has 0 aliphatic carbocycles. The zero-order chi connectivity index (χ0) is 15.1. The minimum Gasteiger partial charge on any atom is -0.464 e. The maximum atomic E-state index is 12.2. The molecule has 1 aliphatic heterocycles. The quantitative estimate of drug-likeness (QED) is 0.756. The van der Waals surface area contributed by atoms with Crippen molar-refractivity contribution < 1.29 is 24.2 Å². The predicted octanol–water partition coefficient (Wildman–Crippen LogP) is -0.174. The van der Waals surface area contributed by atoms with Gasteiger partial charge in [0, 0.05) is 12.6 Å². The highest BCUT2D eigenvalue weighted by atomic mass is 16.6. The Morgan fingerprint density at radius 1 is 1.55 bits per heavy atom. The van der Waals surface area contributed by atoms with E-state index in [4.69, 9.17) is 4.74 Å². The van der Waals surface area contributed by atoms with Gasteiger partial charge >= 0.3 is 11.9 Å². The largest absolute Gasteiger partial charge is 0.464 e. The summed E-state index contributed by atoms with van der Waals surface area (Å²) in [6.07, 6.45) is 0.0343. The summed E-state index contributed by atoms with van der Waals surface area (Å²) >= 11 is 0. The number of carbonyl (C=O) groups is 2. The van der Waals surface area contributed by atoms with Crippen LogP contribution in [0, 0.1) is 0 Å². The molecule has 1 aliphatic rings. The lowest BCUT2D eigenvalue weighted by Gasteiger charge is -2.31. The van der Waals surface area contributed by atoms with Crippen molar-refractivity contribution in [1.29, 1.82) is 0 Å². The summed E-state index contributed by atoms with van der Waals surface area (Å²) in [6.45, 7) is 1.37. The van der Waals surface area contributed by atoms with Crippen LogP contribution in [0.2, 0.25) is 0 Å². The van der Waals surface area contributed by atoms with Gasteiger partial charge < -0.3 is 19.1 Å². The van der Waals surface area contributed by atoms with Crippen molar-refractivity contribution in [1.82, 2.24) is 4.57 Å². The molecule has 1 atom stereocenters. The number of hydrogen-bond donors (Lipinski definition) is 1. The van der Waals surface area contributed by atoms with E-state index < -0.39 is 23.1 Å². The molecular formula is C13H15NO6. The molecule has 0 bridgehead atoms. The van der Waals surface area contributed by atoms with E-state index in [1.165, 1.54) is 20.2 Å². The maximum Gasteiger partial charge on any atom is 0.354 e. The van der Waals surface area contributed by atoms with Crippen molar-refractivity contribution in [3.8, 4) is 0 Å². The molecule has 7 heteroatoms. The summed E-state index contributed by atoms with van der Waals surface area (Å²) in [4.78, 5) is 35.7. The number of rotatable bonds is 2. The first kappa shape index (κ1) is 14.3. The lowest BCUT2D eigenvalue weighted by Crippen LogP contribution is -2.45. The Morgan fingerprint density at radius 3 is 2.75 bits per heavy atom. The van der Waals surface area contributed by atoms with Gasteiger partial charge in [-0.05, 0) is 12.5 Å². The fraction of sp³-hybridized carbons (Fsp3) is 0.462. The number of aromatic nitrogens is 1. The molecule has 0 saturated heterocycles. The van der Waals surface area contributed by atoms with Crippen molar-refractivity contribution in [3.63, 3.8) is 0 Å². The summed E-state index contributed by atoms with van der Waals surface area (Å²) < 4.78 is 10.6. The van der Waals surface area contributed by atoms with Crippen LogP contribution in [0.4, 0.5) is 0 Å².